The van der Waals surface area contributed by atoms with E-state index in [1.54, 1.807) is 39.8 Å². The first-order valence-corrected chi connectivity index (χ1v) is 13.5. The summed E-state index contributed by atoms with van der Waals surface area (Å²) in [6.45, 7) is 14.3. The van der Waals surface area contributed by atoms with Crippen LogP contribution < -0.4 is 0 Å². The zero-order valence-corrected chi connectivity index (χ0v) is 23.4. The molecule has 9 atom stereocenters. The number of carbonyl (C=O) groups is 2. The first kappa shape index (κ1) is 28.3. The minimum Gasteiger partial charge on any atom is -0.461 e. The summed E-state index contributed by atoms with van der Waals surface area (Å²) in [5.41, 5.74) is -5.05. The number of hydrogen-bond donors (Lipinski definition) is 4. The van der Waals surface area contributed by atoms with Gasteiger partial charge in [-0.05, 0) is 57.6 Å². The molecule has 0 radical (unpaired) electrons. The Morgan fingerprint density at radius 2 is 1.76 bits per heavy atom. The molecule has 0 aromatic heterocycles. The average Bonchev–Trinajstić information content (AvgIpc) is 3.20. The number of carbonyl (C=O) groups excluding carboxylic acids is 2. The fourth-order valence-electron chi connectivity index (χ4n) is 7.85. The van der Waals surface area contributed by atoms with Crippen molar-refractivity contribution in [1.29, 1.82) is 0 Å². The number of aliphatic hydroxyl groups is 4. The topological polar surface area (TPSA) is 134 Å². The van der Waals surface area contributed by atoms with Crippen LogP contribution in [0.5, 0.6) is 0 Å². The van der Waals surface area contributed by atoms with Gasteiger partial charge in [-0.25, -0.2) is 0 Å². The van der Waals surface area contributed by atoms with Crippen LogP contribution >= 0.6 is 0 Å². The second-order valence-corrected chi connectivity index (χ2v) is 13.5. The first-order chi connectivity index (χ1) is 16.9. The lowest BCUT2D eigenvalue weighted by molar-refractivity contribution is -0.217. The molecule has 0 amide bonds. The Morgan fingerprint density at radius 1 is 1.14 bits per heavy atom. The molecule has 0 heterocycles. The third kappa shape index (κ3) is 3.62. The van der Waals surface area contributed by atoms with Gasteiger partial charge < -0.3 is 29.9 Å². The third-order valence-electron chi connectivity index (χ3n) is 9.87. The van der Waals surface area contributed by atoms with Crippen LogP contribution in [0.1, 0.15) is 74.7 Å². The zero-order chi connectivity index (χ0) is 27.9. The van der Waals surface area contributed by atoms with Crippen LogP contribution in [0.4, 0.5) is 0 Å². The van der Waals surface area contributed by atoms with Crippen molar-refractivity contribution in [1.82, 2.24) is 0 Å². The van der Waals surface area contributed by atoms with Gasteiger partial charge in [-0.2, -0.15) is 0 Å². The molecule has 8 nitrogen and oxygen atoms in total. The summed E-state index contributed by atoms with van der Waals surface area (Å²) in [6, 6.07) is 0. The average molecular weight is 521 g/mol. The van der Waals surface area contributed by atoms with E-state index in [0.717, 1.165) is 0 Å². The summed E-state index contributed by atoms with van der Waals surface area (Å²) < 4.78 is 11.7. The number of hydrogen-bond acceptors (Lipinski definition) is 8. The molecule has 2 fully saturated rings. The van der Waals surface area contributed by atoms with Crippen molar-refractivity contribution in [3.8, 4) is 0 Å². The van der Waals surface area contributed by atoms with Crippen LogP contribution in [0.3, 0.4) is 0 Å². The van der Waals surface area contributed by atoms with Crippen molar-refractivity contribution in [2.24, 2.45) is 34.0 Å². The Hall–Kier alpha value is -1.74. The lowest BCUT2D eigenvalue weighted by atomic mass is 9.58. The molecule has 0 saturated heterocycles. The van der Waals surface area contributed by atoms with Gasteiger partial charge in [-0.1, -0.05) is 39.8 Å². The predicted octanol–water partition coefficient (Wildman–Crippen LogP) is 2.67. The van der Waals surface area contributed by atoms with Crippen molar-refractivity contribution < 1.29 is 39.5 Å². The van der Waals surface area contributed by atoms with E-state index in [0.29, 0.717) is 18.4 Å². The lowest BCUT2D eigenvalue weighted by Crippen LogP contribution is -2.66. The summed E-state index contributed by atoms with van der Waals surface area (Å²) in [4.78, 5) is 25.3. The molecule has 4 aliphatic carbocycles. The molecule has 4 N–H and O–H groups in total. The first-order valence-electron chi connectivity index (χ1n) is 13.5. The summed E-state index contributed by atoms with van der Waals surface area (Å²) in [5.74, 6) is -2.18. The van der Waals surface area contributed by atoms with Crippen LogP contribution in [0.2, 0.25) is 0 Å². The minimum atomic E-state index is -2.17. The molecule has 2 saturated carbocycles. The standard InChI is InChI=1S/C29H44O8/c1-9-10-19(30)37-28-13-16(3)27-12-15(2)21(31)29(27,35)22(32)17(14-36-24(34)25(4,5)6)11-18(23(27)33)20(28)26(28,7)8/h11-12,16,18,20-23,31-33,35H,9-10,13-14H2,1-8H3/t16-,18+,20-,21+,22-,23?,27+,28+,29-/m1/s1. The minimum absolute atomic E-state index is 0.221. The highest BCUT2D eigenvalue weighted by molar-refractivity contribution is 5.75. The van der Waals surface area contributed by atoms with Gasteiger partial charge in [0.1, 0.15) is 30.0 Å². The van der Waals surface area contributed by atoms with E-state index in [-0.39, 0.29) is 30.5 Å². The molecule has 37 heavy (non-hydrogen) atoms. The molecule has 0 aromatic carbocycles. The fourth-order valence-corrected chi connectivity index (χ4v) is 7.85. The van der Waals surface area contributed by atoms with E-state index in [1.807, 2.05) is 27.7 Å². The monoisotopic (exact) mass is 520 g/mol. The lowest BCUT2D eigenvalue weighted by Gasteiger charge is -2.51. The Morgan fingerprint density at radius 3 is 2.32 bits per heavy atom. The predicted molar refractivity (Wildman–Crippen MR) is 136 cm³/mol. The molecule has 0 aromatic rings. The maximum Gasteiger partial charge on any atom is 0.311 e. The summed E-state index contributed by atoms with van der Waals surface area (Å²) >= 11 is 0. The van der Waals surface area contributed by atoms with Gasteiger partial charge in [0.15, 0.2) is 0 Å². The van der Waals surface area contributed by atoms with Crippen LogP contribution in [0, 0.1) is 34.0 Å². The fraction of sp³-hybridized carbons (Fsp3) is 0.793. The quantitative estimate of drug-likeness (QED) is 0.321. The molecule has 0 aliphatic heterocycles. The number of fused-ring (bicyclic) bond motifs is 3. The van der Waals surface area contributed by atoms with E-state index in [1.165, 1.54) is 0 Å². The Bertz CT molecular complexity index is 1040. The van der Waals surface area contributed by atoms with Gasteiger partial charge in [0.2, 0.25) is 0 Å². The second kappa shape index (κ2) is 8.63. The molecule has 8 heteroatoms. The molecule has 4 rings (SSSR count). The number of rotatable bonds is 5. The van der Waals surface area contributed by atoms with Crippen molar-refractivity contribution in [3.05, 3.63) is 23.3 Å². The SMILES string of the molecule is CCCC(=O)O[C@@]12C[C@@H](C)[C@]34C=C(C)[C@H](O)[C@@]3(O)[C@H](O)C(COC(=O)C(C)(C)C)=C[C@H](C4O)[C@@H]1C2(C)C. The van der Waals surface area contributed by atoms with Crippen LogP contribution in [0.25, 0.3) is 0 Å². The molecule has 1 unspecified atom stereocenters. The molecule has 208 valence electrons. The summed E-state index contributed by atoms with van der Waals surface area (Å²) in [7, 11) is 0. The van der Waals surface area contributed by atoms with Gasteiger partial charge in [-0.3, -0.25) is 9.59 Å². The molecular formula is C29H44O8. The smallest absolute Gasteiger partial charge is 0.311 e. The largest absolute Gasteiger partial charge is 0.461 e. The van der Waals surface area contributed by atoms with Gasteiger partial charge in [0, 0.05) is 23.7 Å². The molecular weight excluding hydrogens is 476 g/mol. The summed E-state index contributed by atoms with van der Waals surface area (Å²) in [5, 5.41) is 47.2. The van der Waals surface area contributed by atoms with Crippen molar-refractivity contribution >= 4 is 11.9 Å². The van der Waals surface area contributed by atoms with E-state index < -0.39 is 63.6 Å². The molecule has 2 bridgehead atoms. The van der Waals surface area contributed by atoms with Crippen LogP contribution in [0.15, 0.2) is 23.3 Å². The van der Waals surface area contributed by atoms with Gasteiger partial charge >= 0.3 is 11.9 Å². The third-order valence-corrected chi connectivity index (χ3v) is 9.87. The van der Waals surface area contributed by atoms with Gasteiger partial charge in [0.25, 0.3) is 0 Å². The van der Waals surface area contributed by atoms with Gasteiger partial charge in [-0.15, -0.1) is 0 Å². The summed E-state index contributed by atoms with van der Waals surface area (Å²) in [6.07, 6.45) is 0.463. The van der Waals surface area contributed by atoms with E-state index in [9.17, 15) is 30.0 Å². The molecule has 4 aliphatic rings. The van der Waals surface area contributed by atoms with Crippen molar-refractivity contribution in [3.63, 3.8) is 0 Å². The number of aliphatic hydroxyl groups excluding tert-OH is 3. The Balaban J connectivity index is 1.87. The Kier molecular flexibility index (Phi) is 6.60. The van der Waals surface area contributed by atoms with Crippen LogP contribution in [-0.4, -0.2) is 68.5 Å². The Labute approximate surface area is 219 Å². The van der Waals surface area contributed by atoms with Crippen molar-refractivity contribution in [2.75, 3.05) is 6.61 Å². The zero-order valence-electron chi connectivity index (χ0n) is 23.4. The van der Waals surface area contributed by atoms with Crippen molar-refractivity contribution in [2.45, 2.75) is 104 Å². The highest BCUT2D eigenvalue weighted by atomic mass is 16.6. The second-order valence-electron chi connectivity index (χ2n) is 13.5. The van der Waals surface area contributed by atoms with Gasteiger partial charge in [0.05, 0.1) is 16.9 Å². The van der Waals surface area contributed by atoms with Crippen LogP contribution in [-0.2, 0) is 19.1 Å². The maximum atomic E-state index is 12.8. The number of esters is 2. The molecule has 1 spiro atoms. The van der Waals surface area contributed by atoms with E-state index in [4.69, 9.17) is 9.47 Å². The van der Waals surface area contributed by atoms with E-state index >= 15 is 0 Å². The number of ether oxygens (including phenoxy) is 2. The normalized spacial score (nSPS) is 43.9. The highest BCUT2D eigenvalue weighted by Crippen LogP contribution is 2.76. The van der Waals surface area contributed by atoms with E-state index in [2.05, 4.69) is 0 Å². The highest BCUT2D eigenvalue weighted by Gasteiger charge is 2.82. The maximum absolute atomic E-state index is 12.8.